The van der Waals surface area contributed by atoms with Crippen molar-refractivity contribution in [2.75, 3.05) is 7.11 Å². The van der Waals surface area contributed by atoms with Crippen molar-refractivity contribution in [3.63, 3.8) is 0 Å². The first-order valence-corrected chi connectivity index (χ1v) is 6.61. The average molecular weight is 325 g/mol. The summed E-state index contributed by atoms with van der Waals surface area (Å²) in [6, 6.07) is 3.37. The van der Waals surface area contributed by atoms with Gasteiger partial charge in [0.25, 0.3) is 5.56 Å². The van der Waals surface area contributed by atoms with Crippen molar-refractivity contribution >= 4 is 15.9 Å². The predicted octanol–water partition coefficient (Wildman–Crippen LogP) is 1.95. The Labute approximate surface area is 118 Å². The SMILES string of the molecule is CCCc1nc(-c2ccc(OC)nn2)[nH]c(=O)c1Br. The molecule has 0 aliphatic rings. The molecule has 0 unspecified atom stereocenters. The van der Waals surface area contributed by atoms with E-state index in [2.05, 4.69) is 36.1 Å². The largest absolute Gasteiger partial charge is 0.480 e. The van der Waals surface area contributed by atoms with Gasteiger partial charge in [0.15, 0.2) is 5.82 Å². The quantitative estimate of drug-likeness (QED) is 0.929. The van der Waals surface area contributed by atoms with Crippen LogP contribution in [0.4, 0.5) is 0 Å². The van der Waals surface area contributed by atoms with Gasteiger partial charge in [0, 0.05) is 6.07 Å². The lowest BCUT2D eigenvalue weighted by atomic mass is 10.2. The third kappa shape index (κ3) is 2.98. The van der Waals surface area contributed by atoms with E-state index in [-0.39, 0.29) is 5.56 Å². The maximum atomic E-state index is 11.8. The van der Waals surface area contributed by atoms with Gasteiger partial charge in [-0.2, -0.15) is 0 Å². The minimum atomic E-state index is -0.217. The summed E-state index contributed by atoms with van der Waals surface area (Å²) in [5, 5.41) is 7.82. The summed E-state index contributed by atoms with van der Waals surface area (Å²) < 4.78 is 5.41. The molecule has 0 aliphatic heterocycles. The maximum Gasteiger partial charge on any atom is 0.265 e. The number of aromatic nitrogens is 4. The van der Waals surface area contributed by atoms with E-state index in [1.807, 2.05) is 6.92 Å². The molecule has 100 valence electrons. The monoisotopic (exact) mass is 324 g/mol. The molecule has 0 radical (unpaired) electrons. The van der Waals surface area contributed by atoms with E-state index in [1.54, 1.807) is 12.1 Å². The van der Waals surface area contributed by atoms with Gasteiger partial charge in [0.05, 0.1) is 12.8 Å². The zero-order valence-corrected chi connectivity index (χ0v) is 12.2. The van der Waals surface area contributed by atoms with Crippen LogP contribution >= 0.6 is 15.9 Å². The summed E-state index contributed by atoms with van der Waals surface area (Å²) in [6.07, 6.45) is 1.63. The number of ether oxygens (including phenoxy) is 1. The van der Waals surface area contributed by atoms with Crippen molar-refractivity contribution in [1.29, 1.82) is 0 Å². The molecule has 2 heterocycles. The van der Waals surface area contributed by atoms with Crippen molar-refractivity contribution in [3.8, 4) is 17.4 Å². The summed E-state index contributed by atoms with van der Waals surface area (Å²) in [4.78, 5) is 18.9. The normalized spacial score (nSPS) is 10.5. The molecule has 0 spiro atoms. The number of aryl methyl sites for hydroxylation is 1. The first-order chi connectivity index (χ1) is 9.15. The highest BCUT2D eigenvalue weighted by atomic mass is 79.9. The minimum absolute atomic E-state index is 0.217. The van der Waals surface area contributed by atoms with Crippen LogP contribution in [-0.4, -0.2) is 27.3 Å². The van der Waals surface area contributed by atoms with Gasteiger partial charge in [-0.3, -0.25) is 4.79 Å². The molecular formula is C12H13BrN4O2. The van der Waals surface area contributed by atoms with Gasteiger partial charge in [-0.25, -0.2) is 4.98 Å². The van der Waals surface area contributed by atoms with Crippen molar-refractivity contribution in [2.24, 2.45) is 0 Å². The Bertz CT molecular complexity index is 625. The zero-order valence-electron chi connectivity index (χ0n) is 10.6. The molecule has 2 aromatic heterocycles. The number of hydrogen-bond donors (Lipinski definition) is 1. The molecular weight excluding hydrogens is 312 g/mol. The van der Waals surface area contributed by atoms with E-state index < -0.39 is 0 Å². The van der Waals surface area contributed by atoms with E-state index in [9.17, 15) is 4.79 Å². The van der Waals surface area contributed by atoms with Crippen LogP contribution in [0.3, 0.4) is 0 Å². The lowest BCUT2D eigenvalue weighted by molar-refractivity contribution is 0.392. The van der Waals surface area contributed by atoms with Crippen LogP contribution in [0.25, 0.3) is 11.5 Å². The third-order valence-corrected chi connectivity index (χ3v) is 3.33. The Hall–Kier alpha value is -1.76. The van der Waals surface area contributed by atoms with Crippen LogP contribution < -0.4 is 10.3 Å². The summed E-state index contributed by atoms with van der Waals surface area (Å²) in [5.41, 5.74) is 1.01. The number of hydrogen-bond acceptors (Lipinski definition) is 5. The Kier molecular flexibility index (Phi) is 4.26. The molecule has 0 saturated heterocycles. The maximum absolute atomic E-state index is 11.8. The van der Waals surface area contributed by atoms with Crippen LogP contribution in [0.1, 0.15) is 19.0 Å². The molecule has 0 bridgehead atoms. The van der Waals surface area contributed by atoms with Crippen LogP contribution in [0.2, 0.25) is 0 Å². The van der Waals surface area contributed by atoms with Crippen LogP contribution in [0.5, 0.6) is 5.88 Å². The smallest absolute Gasteiger partial charge is 0.265 e. The van der Waals surface area contributed by atoms with Gasteiger partial charge in [0.2, 0.25) is 5.88 Å². The first-order valence-electron chi connectivity index (χ1n) is 5.82. The summed E-state index contributed by atoms with van der Waals surface area (Å²) >= 11 is 3.25. The van der Waals surface area contributed by atoms with Crippen molar-refractivity contribution < 1.29 is 4.74 Å². The number of nitrogens with one attached hydrogen (secondary N) is 1. The number of H-pyrrole nitrogens is 1. The molecule has 2 rings (SSSR count). The van der Waals surface area contributed by atoms with Crippen molar-refractivity contribution in [3.05, 3.63) is 32.7 Å². The number of rotatable bonds is 4. The minimum Gasteiger partial charge on any atom is -0.480 e. The fraction of sp³-hybridized carbons (Fsp3) is 0.333. The molecule has 0 atom stereocenters. The molecule has 7 heteroatoms. The molecule has 6 nitrogen and oxygen atoms in total. The number of methoxy groups -OCH3 is 1. The average Bonchev–Trinajstić information content (AvgIpc) is 2.44. The van der Waals surface area contributed by atoms with Gasteiger partial charge in [0.1, 0.15) is 10.2 Å². The predicted molar refractivity (Wildman–Crippen MR) is 74.1 cm³/mol. The standard InChI is InChI=1S/C12H13BrN4O2/c1-3-4-7-10(13)12(18)15-11(14-7)8-5-6-9(19-2)17-16-8/h5-6H,3-4H2,1-2H3,(H,14,15,18). The van der Waals surface area contributed by atoms with Gasteiger partial charge in [-0.05, 0) is 28.4 Å². The fourth-order valence-corrected chi connectivity index (χ4v) is 1.97. The van der Waals surface area contributed by atoms with E-state index in [4.69, 9.17) is 4.74 Å². The number of aromatic amines is 1. The zero-order chi connectivity index (χ0) is 13.8. The first kappa shape index (κ1) is 13.7. The Morgan fingerprint density at radius 3 is 2.74 bits per heavy atom. The second kappa shape index (κ2) is 5.92. The third-order valence-electron chi connectivity index (χ3n) is 2.51. The molecule has 0 fully saturated rings. The van der Waals surface area contributed by atoms with E-state index in [0.717, 1.165) is 18.5 Å². The topological polar surface area (TPSA) is 80.8 Å². The number of halogens is 1. The van der Waals surface area contributed by atoms with E-state index in [0.29, 0.717) is 21.9 Å². The number of nitrogens with zero attached hydrogens (tertiary/aromatic N) is 3. The Morgan fingerprint density at radius 1 is 1.37 bits per heavy atom. The Balaban J connectivity index is 2.46. The molecule has 0 aromatic carbocycles. The molecule has 1 N–H and O–H groups in total. The van der Waals surface area contributed by atoms with Crippen LogP contribution in [-0.2, 0) is 6.42 Å². The molecule has 2 aromatic rings. The van der Waals surface area contributed by atoms with Crippen molar-refractivity contribution in [2.45, 2.75) is 19.8 Å². The van der Waals surface area contributed by atoms with Crippen LogP contribution in [0.15, 0.2) is 21.4 Å². The van der Waals surface area contributed by atoms with Crippen molar-refractivity contribution in [1.82, 2.24) is 20.2 Å². The Morgan fingerprint density at radius 2 is 2.16 bits per heavy atom. The summed E-state index contributed by atoms with van der Waals surface area (Å²) in [7, 11) is 1.52. The highest BCUT2D eigenvalue weighted by Crippen LogP contribution is 2.17. The van der Waals surface area contributed by atoms with Gasteiger partial charge in [-0.1, -0.05) is 13.3 Å². The second-order valence-corrected chi connectivity index (χ2v) is 4.68. The lowest BCUT2D eigenvalue weighted by Gasteiger charge is -2.05. The molecule has 19 heavy (non-hydrogen) atoms. The highest BCUT2D eigenvalue weighted by Gasteiger charge is 2.11. The second-order valence-electron chi connectivity index (χ2n) is 3.89. The molecule has 0 aliphatic carbocycles. The van der Waals surface area contributed by atoms with Gasteiger partial charge < -0.3 is 9.72 Å². The van der Waals surface area contributed by atoms with E-state index >= 15 is 0 Å². The van der Waals surface area contributed by atoms with Crippen LogP contribution in [0, 0.1) is 0 Å². The highest BCUT2D eigenvalue weighted by molar-refractivity contribution is 9.10. The van der Waals surface area contributed by atoms with E-state index in [1.165, 1.54) is 7.11 Å². The summed E-state index contributed by atoms with van der Waals surface area (Å²) in [5.74, 6) is 0.823. The molecule has 0 amide bonds. The molecule has 0 saturated carbocycles. The van der Waals surface area contributed by atoms with Gasteiger partial charge >= 0.3 is 0 Å². The van der Waals surface area contributed by atoms with Gasteiger partial charge in [-0.15, -0.1) is 10.2 Å². The lowest BCUT2D eigenvalue weighted by Crippen LogP contribution is -2.14. The fourth-order valence-electron chi connectivity index (χ4n) is 1.58. The summed E-state index contributed by atoms with van der Waals surface area (Å²) in [6.45, 7) is 2.03.